The number of benzene rings is 2. The van der Waals surface area contributed by atoms with Crippen LogP contribution in [0.15, 0.2) is 60.7 Å². The van der Waals surface area contributed by atoms with Crippen LogP contribution in [0.4, 0.5) is 0 Å². The van der Waals surface area contributed by atoms with Gasteiger partial charge >= 0.3 is 0 Å². The minimum Gasteiger partial charge on any atom is -0.320 e. The molecule has 0 aliphatic carbocycles. The molecule has 0 aliphatic heterocycles. The number of nitrogens with two attached hydrogens (primary N) is 1. The van der Waals surface area contributed by atoms with Gasteiger partial charge in [0.05, 0.1) is 6.04 Å². The minimum atomic E-state index is -0.0163. The van der Waals surface area contributed by atoms with Crippen molar-refractivity contribution in [3.8, 4) is 0 Å². The second-order valence-corrected chi connectivity index (χ2v) is 3.30. The lowest BCUT2D eigenvalue weighted by atomic mass is 10.00. The Bertz CT molecular complexity index is 346. The fraction of sp³-hybridized carbons (Fsp3) is 0.0769. The van der Waals surface area contributed by atoms with Gasteiger partial charge in [0.15, 0.2) is 0 Å². The lowest BCUT2D eigenvalue weighted by molar-refractivity contribution is 0.871. The monoisotopic (exact) mass is 311 g/mol. The van der Waals surface area contributed by atoms with Crippen LogP contribution in [0, 0.1) is 0 Å². The fourth-order valence-electron chi connectivity index (χ4n) is 1.51. The van der Waals surface area contributed by atoms with Crippen LogP contribution in [0.1, 0.15) is 17.2 Å². The molecular formula is C13H14IN. The first-order valence-corrected chi connectivity index (χ1v) is 4.73. The van der Waals surface area contributed by atoms with Gasteiger partial charge in [-0.2, -0.15) is 0 Å². The Labute approximate surface area is 107 Å². The van der Waals surface area contributed by atoms with Crippen LogP contribution >= 0.6 is 24.0 Å². The van der Waals surface area contributed by atoms with Gasteiger partial charge < -0.3 is 5.73 Å². The van der Waals surface area contributed by atoms with E-state index in [1.165, 1.54) is 0 Å². The zero-order valence-electron chi connectivity index (χ0n) is 8.34. The van der Waals surface area contributed by atoms with Crippen LogP contribution < -0.4 is 5.73 Å². The van der Waals surface area contributed by atoms with E-state index >= 15 is 0 Å². The summed E-state index contributed by atoms with van der Waals surface area (Å²) in [5, 5.41) is 0. The molecule has 0 unspecified atom stereocenters. The molecule has 15 heavy (non-hydrogen) atoms. The molecule has 2 aromatic rings. The van der Waals surface area contributed by atoms with Crippen LogP contribution in [0.2, 0.25) is 0 Å². The Kier molecular flexibility index (Phi) is 4.78. The van der Waals surface area contributed by atoms with Crippen molar-refractivity contribution in [1.82, 2.24) is 0 Å². The Morgan fingerprint density at radius 1 is 0.667 bits per heavy atom. The maximum Gasteiger partial charge on any atom is 0.0551 e. The van der Waals surface area contributed by atoms with Crippen molar-refractivity contribution in [2.45, 2.75) is 6.04 Å². The van der Waals surface area contributed by atoms with Gasteiger partial charge in [-0.15, -0.1) is 24.0 Å². The summed E-state index contributed by atoms with van der Waals surface area (Å²) < 4.78 is 0. The van der Waals surface area contributed by atoms with Crippen LogP contribution in [0.3, 0.4) is 0 Å². The molecule has 0 saturated carbocycles. The van der Waals surface area contributed by atoms with Gasteiger partial charge in [0.1, 0.15) is 0 Å². The summed E-state index contributed by atoms with van der Waals surface area (Å²) in [5.74, 6) is 0. The van der Waals surface area contributed by atoms with E-state index < -0.39 is 0 Å². The molecule has 0 aromatic heterocycles. The van der Waals surface area contributed by atoms with Gasteiger partial charge in [0.25, 0.3) is 0 Å². The Morgan fingerprint density at radius 3 is 1.33 bits per heavy atom. The van der Waals surface area contributed by atoms with Crippen molar-refractivity contribution in [2.75, 3.05) is 0 Å². The van der Waals surface area contributed by atoms with Gasteiger partial charge in [0, 0.05) is 0 Å². The van der Waals surface area contributed by atoms with E-state index in [1.807, 2.05) is 36.4 Å². The fourth-order valence-corrected chi connectivity index (χ4v) is 1.51. The minimum absolute atomic E-state index is 0. The van der Waals surface area contributed by atoms with Crippen molar-refractivity contribution in [3.05, 3.63) is 71.8 Å². The molecule has 78 valence electrons. The zero-order chi connectivity index (χ0) is 9.80. The summed E-state index contributed by atoms with van der Waals surface area (Å²) in [7, 11) is 0. The van der Waals surface area contributed by atoms with Gasteiger partial charge in [-0.3, -0.25) is 0 Å². The number of rotatable bonds is 2. The van der Waals surface area contributed by atoms with Crippen LogP contribution in [-0.4, -0.2) is 0 Å². The van der Waals surface area contributed by atoms with Crippen molar-refractivity contribution in [1.29, 1.82) is 0 Å². The van der Waals surface area contributed by atoms with Crippen molar-refractivity contribution < 1.29 is 0 Å². The standard InChI is InChI=1S/C13H13N.HI/c14-13(11-7-3-1-4-8-11)12-9-5-2-6-10-12;/h1-10,13H,14H2;1H. The molecule has 0 spiro atoms. The average Bonchev–Trinajstić information content (AvgIpc) is 2.30. The Hall–Kier alpha value is -0.870. The SMILES string of the molecule is I.NC(c1ccccc1)c1ccccc1. The summed E-state index contributed by atoms with van der Waals surface area (Å²) in [4.78, 5) is 0. The quantitative estimate of drug-likeness (QED) is 0.846. The molecule has 0 amide bonds. The molecular weight excluding hydrogens is 297 g/mol. The summed E-state index contributed by atoms with van der Waals surface area (Å²) >= 11 is 0. The third kappa shape index (κ3) is 3.04. The van der Waals surface area contributed by atoms with Gasteiger partial charge in [-0.1, -0.05) is 60.7 Å². The lowest BCUT2D eigenvalue weighted by Crippen LogP contribution is -2.11. The van der Waals surface area contributed by atoms with E-state index in [0.717, 1.165) is 11.1 Å². The maximum atomic E-state index is 6.12. The highest BCUT2D eigenvalue weighted by Crippen LogP contribution is 2.18. The molecule has 0 aliphatic rings. The number of hydrogen-bond acceptors (Lipinski definition) is 1. The van der Waals surface area contributed by atoms with Crippen LogP contribution in [0.5, 0.6) is 0 Å². The molecule has 1 nitrogen and oxygen atoms in total. The normalized spacial score (nSPS) is 9.73. The zero-order valence-corrected chi connectivity index (χ0v) is 10.7. The highest BCUT2D eigenvalue weighted by Gasteiger charge is 2.06. The Morgan fingerprint density at radius 2 is 1.00 bits per heavy atom. The highest BCUT2D eigenvalue weighted by molar-refractivity contribution is 14.0. The maximum absolute atomic E-state index is 6.12. The third-order valence-corrected chi connectivity index (χ3v) is 2.32. The first-order valence-electron chi connectivity index (χ1n) is 4.73. The second kappa shape index (κ2) is 5.88. The van der Waals surface area contributed by atoms with Crippen molar-refractivity contribution >= 4 is 24.0 Å². The number of hydrogen-bond donors (Lipinski definition) is 1. The predicted octanol–water partition coefficient (Wildman–Crippen LogP) is 3.35. The smallest absolute Gasteiger partial charge is 0.0551 e. The summed E-state index contributed by atoms with van der Waals surface area (Å²) in [6.07, 6.45) is 0. The van der Waals surface area contributed by atoms with Gasteiger partial charge in [0.2, 0.25) is 0 Å². The molecule has 2 rings (SSSR count). The molecule has 0 bridgehead atoms. The van der Waals surface area contributed by atoms with E-state index in [1.54, 1.807) is 0 Å². The van der Waals surface area contributed by atoms with Gasteiger partial charge in [-0.25, -0.2) is 0 Å². The first-order chi connectivity index (χ1) is 6.88. The summed E-state index contributed by atoms with van der Waals surface area (Å²) in [6, 6.07) is 20.2. The molecule has 0 radical (unpaired) electrons. The van der Waals surface area contributed by atoms with E-state index in [2.05, 4.69) is 24.3 Å². The van der Waals surface area contributed by atoms with Crippen molar-refractivity contribution in [3.63, 3.8) is 0 Å². The van der Waals surface area contributed by atoms with Crippen molar-refractivity contribution in [2.24, 2.45) is 5.73 Å². The first kappa shape index (κ1) is 12.2. The van der Waals surface area contributed by atoms with Gasteiger partial charge in [-0.05, 0) is 11.1 Å². The molecule has 0 atom stereocenters. The van der Waals surface area contributed by atoms with Crippen LogP contribution in [0.25, 0.3) is 0 Å². The molecule has 2 aromatic carbocycles. The largest absolute Gasteiger partial charge is 0.320 e. The van der Waals surface area contributed by atoms with E-state index in [0.29, 0.717) is 0 Å². The summed E-state index contributed by atoms with van der Waals surface area (Å²) in [5.41, 5.74) is 8.42. The molecule has 2 heteroatoms. The average molecular weight is 311 g/mol. The van der Waals surface area contributed by atoms with E-state index in [-0.39, 0.29) is 30.0 Å². The lowest BCUT2D eigenvalue weighted by Gasteiger charge is -2.11. The molecule has 2 N–H and O–H groups in total. The summed E-state index contributed by atoms with van der Waals surface area (Å²) in [6.45, 7) is 0. The highest BCUT2D eigenvalue weighted by atomic mass is 127. The second-order valence-electron chi connectivity index (χ2n) is 3.30. The Balaban J connectivity index is 0.00000112. The van der Waals surface area contributed by atoms with E-state index in [4.69, 9.17) is 5.73 Å². The van der Waals surface area contributed by atoms with Crippen LogP contribution in [-0.2, 0) is 0 Å². The molecule has 0 fully saturated rings. The van der Waals surface area contributed by atoms with E-state index in [9.17, 15) is 0 Å². The third-order valence-electron chi connectivity index (χ3n) is 2.32. The predicted molar refractivity (Wildman–Crippen MR) is 74.3 cm³/mol. The molecule has 0 saturated heterocycles. The molecule has 0 heterocycles. The topological polar surface area (TPSA) is 26.0 Å². The number of halogens is 1.